The molecule has 1 aromatic rings. The number of ether oxygens (including phenoxy) is 1. The van der Waals surface area contributed by atoms with Crippen LogP contribution < -0.4 is 0 Å². The fourth-order valence-corrected chi connectivity index (χ4v) is 3.37. The van der Waals surface area contributed by atoms with Gasteiger partial charge in [-0.25, -0.2) is 0 Å². The average molecular weight is 412 g/mol. The summed E-state index contributed by atoms with van der Waals surface area (Å²) < 4.78 is 5.79. The molecular weight excluding hydrogens is 394 g/mol. The summed E-state index contributed by atoms with van der Waals surface area (Å²) in [5.41, 5.74) is 0.410. The number of carbonyl (C=O) groups excluding carboxylic acids is 3. The number of ketones is 2. The van der Waals surface area contributed by atoms with Gasteiger partial charge in [0.25, 0.3) is 0 Å². The second kappa shape index (κ2) is 8.33. The molecule has 0 saturated heterocycles. The van der Waals surface area contributed by atoms with E-state index in [1.165, 1.54) is 0 Å². The zero-order chi connectivity index (χ0) is 18.6. The molecule has 0 aromatic heterocycles. The predicted octanol–water partition coefficient (Wildman–Crippen LogP) is 2.68. The van der Waals surface area contributed by atoms with Gasteiger partial charge in [0.05, 0.1) is 6.42 Å². The van der Waals surface area contributed by atoms with Gasteiger partial charge in [-0.2, -0.15) is 0 Å². The molecule has 1 aromatic carbocycles. The van der Waals surface area contributed by atoms with Crippen LogP contribution in [0.5, 0.6) is 0 Å². The summed E-state index contributed by atoms with van der Waals surface area (Å²) >= 11 is 3.26. The smallest absolute Gasteiger partial charge is 0.306 e. The maximum absolute atomic E-state index is 12.0. The lowest BCUT2D eigenvalue weighted by Crippen LogP contribution is -2.28. The van der Waals surface area contributed by atoms with E-state index in [2.05, 4.69) is 15.9 Å². The quantitative estimate of drug-likeness (QED) is 0.295. The molecule has 0 heterocycles. The molecule has 1 aliphatic rings. The number of rotatable bonds is 7. The Morgan fingerprint density at radius 2 is 1.96 bits per heavy atom. The van der Waals surface area contributed by atoms with Gasteiger partial charge in [-0.1, -0.05) is 35.0 Å². The highest BCUT2D eigenvalue weighted by atomic mass is 79.9. The number of nitrogens with zero attached hydrogens (tertiary/aromatic N) is 1. The van der Waals surface area contributed by atoms with Crippen LogP contribution in [0.4, 0.5) is 0 Å². The lowest BCUT2D eigenvalue weighted by atomic mass is 9.88. The van der Waals surface area contributed by atoms with Gasteiger partial charge in [0.1, 0.15) is 5.78 Å². The van der Waals surface area contributed by atoms with Gasteiger partial charge >= 0.3 is 5.97 Å². The Morgan fingerprint density at radius 3 is 2.56 bits per heavy atom. The number of carbonyl (C=O) groups is 3. The standard InChI is InChI=1S/C17H18BrNO6/c1-10-6-15(20)13(14(10)8-19(23)24)7-17(22)25-9-16(21)11-2-4-12(18)5-3-11/h2-5,10,13-14H,6-9H2,1H3/t10-,13+,14-/m1/s1. The van der Waals surface area contributed by atoms with Crippen molar-refractivity contribution < 1.29 is 24.0 Å². The molecule has 8 heteroatoms. The minimum Gasteiger partial charge on any atom is -0.457 e. The average Bonchev–Trinajstić information content (AvgIpc) is 2.80. The van der Waals surface area contributed by atoms with Crippen molar-refractivity contribution in [2.75, 3.05) is 13.2 Å². The zero-order valence-electron chi connectivity index (χ0n) is 13.6. The lowest BCUT2D eigenvalue weighted by Gasteiger charge is -2.16. The Labute approximate surface area is 153 Å². The van der Waals surface area contributed by atoms with Crippen LogP contribution in [-0.2, 0) is 14.3 Å². The number of Topliss-reactive ketones (excluding diaryl/α,β-unsaturated/α-hetero) is 2. The van der Waals surface area contributed by atoms with Crippen molar-refractivity contribution >= 4 is 33.5 Å². The second-order valence-electron chi connectivity index (χ2n) is 6.23. The first-order valence-corrected chi connectivity index (χ1v) is 8.66. The monoisotopic (exact) mass is 411 g/mol. The summed E-state index contributed by atoms with van der Waals surface area (Å²) in [6, 6.07) is 6.62. The normalized spacial score (nSPS) is 22.6. The van der Waals surface area contributed by atoms with Gasteiger partial charge in [-0.15, -0.1) is 0 Å². The van der Waals surface area contributed by atoms with Gasteiger partial charge in [0.2, 0.25) is 6.54 Å². The fourth-order valence-electron chi connectivity index (χ4n) is 3.10. The molecule has 1 aliphatic carbocycles. The molecule has 0 radical (unpaired) electrons. The van der Waals surface area contributed by atoms with Crippen molar-refractivity contribution in [1.29, 1.82) is 0 Å². The van der Waals surface area contributed by atoms with Crippen LogP contribution in [0.3, 0.4) is 0 Å². The number of nitro groups is 1. The summed E-state index contributed by atoms with van der Waals surface area (Å²) in [5, 5.41) is 10.8. The first-order chi connectivity index (χ1) is 11.8. The van der Waals surface area contributed by atoms with E-state index < -0.39 is 29.3 Å². The van der Waals surface area contributed by atoms with Crippen LogP contribution in [0.25, 0.3) is 0 Å². The van der Waals surface area contributed by atoms with Gasteiger partial charge in [-0.05, 0) is 18.1 Å². The van der Waals surface area contributed by atoms with Gasteiger partial charge < -0.3 is 4.74 Å². The number of hydrogen-bond donors (Lipinski definition) is 0. The Balaban J connectivity index is 1.90. The molecule has 7 nitrogen and oxygen atoms in total. The van der Waals surface area contributed by atoms with Crippen LogP contribution in [0.2, 0.25) is 0 Å². The largest absolute Gasteiger partial charge is 0.457 e. The minimum atomic E-state index is -0.712. The Morgan fingerprint density at radius 1 is 1.32 bits per heavy atom. The maximum atomic E-state index is 12.0. The highest BCUT2D eigenvalue weighted by molar-refractivity contribution is 9.10. The molecule has 0 spiro atoms. The first-order valence-electron chi connectivity index (χ1n) is 7.86. The Bertz CT molecular complexity index is 687. The molecule has 2 rings (SSSR count). The topological polar surface area (TPSA) is 104 Å². The molecule has 0 bridgehead atoms. The molecular formula is C17H18BrNO6. The van der Waals surface area contributed by atoms with E-state index in [-0.39, 0.29) is 36.9 Å². The van der Waals surface area contributed by atoms with Crippen molar-refractivity contribution in [2.24, 2.45) is 17.8 Å². The molecule has 3 atom stereocenters. The van der Waals surface area contributed by atoms with E-state index in [4.69, 9.17) is 4.74 Å². The van der Waals surface area contributed by atoms with Crippen molar-refractivity contribution in [2.45, 2.75) is 19.8 Å². The summed E-state index contributed by atoms with van der Waals surface area (Å²) in [5.74, 6) is -2.52. The number of hydrogen-bond acceptors (Lipinski definition) is 6. The van der Waals surface area contributed by atoms with Gasteiger partial charge in [0, 0.05) is 33.2 Å². The molecule has 1 saturated carbocycles. The fraction of sp³-hybridized carbons (Fsp3) is 0.471. The van der Waals surface area contributed by atoms with E-state index in [1.54, 1.807) is 31.2 Å². The van der Waals surface area contributed by atoms with E-state index in [0.29, 0.717) is 5.56 Å². The molecule has 134 valence electrons. The minimum absolute atomic E-state index is 0.139. The third-order valence-corrected chi connectivity index (χ3v) is 4.99. The molecule has 0 N–H and O–H groups in total. The van der Waals surface area contributed by atoms with Crippen LogP contribution in [0.1, 0.15) is 30.1 Å². The highest BCUT2D eigenvalue weighted by Gasteiger charge is 2.44. The maximum Gasteiger partial charge on any atom is 0.306 e. The van der Waals surface area contributed by atoms with Crippen LogP contribution >= 0.6 is 15.9 Å². The summed E-state index contributed by atoms with van der Waals surface area (Å²) in [7, 11) is 0. The van der Waals surface area contributed by atoms with Crippen molar-refractivity contribution in [3.63, 3.8) is 0 Å². The van der Waals surface area contributed by atoms with Crippen LogP contribution in [0, 0.1) is 27.9 Å². The van der Waals surface area contributed by atoms with Gasteiger partial charge in [-0.3, -0.25) is 24.5 Å². The highest BCUT2D eigenvalue weighted by Crippen LogP contribution is 2.36. The van der Waals surface area contributed by atoms with Crippen molar-refractivity contribution in [3.05, 3.63) is 44.4 Å². The molecule has 0 aliphatic heterocycles. The van der Waals surface area contributed by atoms with Crippen molar-refractivity contribution in [1.82, 2.24) is 0 Å². The summed E-state index contributed by atoms with van der Waals surface area (Å²) in [4.78, 5) is 46.2. The SMILES string of the molecule is C[C@@H]1CC(=O)[C@@H](CC(=O)OCC(=O)c2ccc(Br)cc2)[C@@H]1C[N+](=O)[O-]. The van der Waals surface area contributed by atoms with Crippen LogP contribution in [-0.4, -0.2) is 35.6 Å². The second-order valence-corrected chi connectivity index (χ2v) is 7.14. The zero-order valence-corrected chi connectivity index (χ0v) is 15.2. The molecule has 1 fully saturated rings. The van der Waals surface area contributed by atoms with Crippen molar-refractivity contribution in [3.8, 4) is 0 Å². The lowest BCUT2D eigenvalue weighted by molar-refractivity contribution is -0.490. The first kappa shape index (κ1) is 19.2. The summed E-state index contributed by atoms with van der Waals surface area (Å²) in [6.07, 6.45) is 0.00355. The third kappa shape index (κ3) is 5.19. The van der Waals surface area contributed by atoms with E-state index >= 15 is 0 Å². The summed E-state index contributed by atoms with van der Waals surface area (Å²) in [6.45, 7) is 1.01. The van der Waals surface area contributed by atoms with E-state index in [9.17, 15) is 24.5 Å². The van der Waals surface area contributed by atoms with E-state index in [0.717, 1.165) is 4.47 Å². The number of benzene rings is 1. The molecule has 0 unspecified atom stereocenters. The molecule has 0 amide bonds. The predicted molar refractivity (Wildman–Crippen MR) is 91.7 cm³/mol. The van der Waals surface area contributed by atoms with Gasteiger partial charge in [0.15, 0.2) is 12.4 Å². The third-order valence-electron chi connectivity index (χ3n) is 4.46. The molecule has 25 heavy (non-hydrogen) atoms. The Hall–Kier alpha value is -2.09. The Kier molecular flexibility index (Phi) is 6.41. The van der Waals surface area contributed by atoms with E-state index in [1.807, 2.05) is 0 Å². The number of esters is 1. The van der Waals surface area contributed by atoms with Crippen LogP contribution in [0.15, 0.2) is 28.7 Å². The number of halogens is 1.